The summed E-state index contributed by atoms with van der Waals surface area (Å²) in [4.78, 5) is 24.5. The molecule has 0 saturated carbocycles. The number of halogens is 17. The third-order valence-corrected chi connectivity index (χ3v) is 6.40. The Morgan fingerprint density at radius 2 is 0.932 bits per heavy atom. The second kappa shape index (κ2) is 10.2. The zero-order valence-electron chi connectivity index (χ0n) is 23.3. The lowest BCUT2D eigenvalue weighted by Crippen LogP contribution is -2.77. The molecule has 1 atom stereocenters. The van der Waals surface area contributed by atoms with Gasteiger partial charge in [-0.1, -0.05) is 41.5 Å². The minimum atomic E-state index is -8.83. The minimum absolute atomic E-state index is 0.0520. The fourth-order valence-electron chi connectivity index (χ4n) is 4.06. The van der Waals surface area contributed by atoms with Gasteiger partial charge in [-0.25, -0.2) is 0 Å². The first-order valence-corrected chi connectivity index (χ1v) is 11.7. The minimum Gasteiger partial charge on any atom is -0.444 e. The van der Waals surface area contributed by atoms with Gasteiger partial charge in [0, 0.05) is 12.5 Å². The Bertz CT molecular complexity index is 1230. The number of alkyl halides is 17. The van der Waals surface area contributed by atoms with Crippen LogP contribution in [0.2, 0.25) is 0 Å². The van der Waals surface area contributed by atoms with Crippen LogP contribution in [0.15, 0.2) is 23.3 Å². The molecule has 0 bridgehead atoms. The number of rotatable bonds is 8. The molecule has 0 aromatic carbocycles. The van der Waals surface area contributed by atoms with Gasteiger partial charge in [0.2, 0.25) is 5.60 Å². The second-order valence-electron chi connectivity index (χ2n) is 11.8. The Hall–Kier alpha value is -2.57. The molecular formula is C24H23F17O3. The predicted molar refractivity (Wildman–Crippen MR) is 115 cm³/mol. The van der Waals surface area contributed by atoms with Gasteiger partial charge in [0.15, 0.2) is 5.78 Å². The third kappa shape index (κ3) is 5.24. The van der Waals surface area contributed by atoms with Gasteiger partial charge in [-0.15, -0.1) is 0 Å². The van der Waals surface area contributed by atoms with Crippen LogP contribution >= 0.6 is 0 Å². The summed E-state index contributed by atoms with van der Waals surface area (Å²) in [7, 11) is 0. The van der Waals surface area contributed by atoms with Gasteiger partial charge in [-0.05, 0) is 28.6 Å². The molecule has 256 valence electrons. The van der Waals surface area contributed by atoms with Crippen LogP contribution in [-0.4, -0.2) is 65.0 Å². The topological polar surface area (TPSA) is 43.4 Å². The second-order valence-corrected chi connectivity index (χ2v) is 11.8. The van der Waals surface area contributed by atoms with Crippen molar-refractivity contribution in [1.29, 1.82) is 0 Å². The van der Waals surface area contributed by atoms with Crippen molar-refractivity contribution in [3.8, 4) is 0 Å². The molecule has 20 heteroatoms. The summed E-state index contributed by atoms with van der Waals surface area (Å²) < 4.78 is 243. The van der Waals surface area contributed by atoms with E-state index in [-0.39, 0.29) is 19.1 Å². The van der Waals surface area contributed by atoms with Crippen LogP contribution in [0.25, 0.3) is 0 Å². The first kappa shape index (κ1) is 39.5. The van der Waals surface area contributed by atoms with Crippen molar-refractivity contribution in [2.45, 2.75) is 102 Å². The zero-order valence-corrected chi connectivity index (χ0v) is 23.3. The molecule has 0 aromatic heterocycles. The van der Waals surface area contributed by atoms with Crippen molar-refractivity contribution in [3.05, 3.63) is 23.3 Å². The predicted octanol–water partition coefficient (Wildman–Crippen LogP) is 8.83. The average molecular weight is 682 g/mol. The van der Waals surface area contributed by atoms with Gasteiger partial charge in [-0.3, -0.25) is 9.59 Å². The van der Waals surface area contributed by atoms with Crippen LogP contribution in [-0.2, 0) is 14.3 Å². The normalized spacial score (nSPS) is 20.8. The van der Waals surface area contributed by atoms with E-state index >= 15 is 17.6 Å². The molecule has 0 aromatic rings. The Labute approximate surface area is 237 Å². The smallest absolute Gasteiger partial charge is 0.444 e. The SMILES string of the molecule is CC(=O)OC1(C(F)(F)C(F)(F)C(F)(F)C(F)(F)C(F)(F)C(F)(F)C(F)(F)C(F)(F)F)C=C(C(C)(C)C)C(=O)C=C1C(C)(C)C. The van der Waals surface area contributed by atoms with Gasteiger partial charge in [0.05, 0.1) is 0 Å². The third-order valence-electron chi connectivity index (χ3n) is 6.40. The Balaban J connectivity index is 4.30. The highest BCUT2D eigenvalue weighted by atomic mass is 19.4. The average Bonchev–Trinajstić information content (AvgIpc) is 2.76. The molecule has 44 heavy (non-hydrogen) atoms. The lowest BCUT2D eigenvalue weighted by molar-refractivity contribution is -0.465. The molecule has 1 unspecified atom stereocenters. The summed E-state index contributed by atoms with van der Waals surface area (Å²) in [5, 5.41) is 0. The standard InChI is InChI=1S/C24H23F17O3/c1-10(42)44-16(9-11(14(2,3)4)12(43)8-13(16)15(5,6)7)17(25,26)18(27,28)19(29,30)20(31,32)21(33,34)22(35,36)23(37,38)24(39,40)41/h8-9H,1-7H3. The number of hydrogen-bond acceptors (Lipinski definition) is 3. The van der Waals surface area contributed by atoms with Gasteiger partial charge >= 0.3 is 53.6 Å². The van der Waals surface area contributed by atoms with E-state index in [0.29, 0.717) is 0 Å². The first-order valence-electron chi connectivity index (χ1n) is 11.7. The van der Waals surface area contributed by atoms with E-state index in [1.54, 1.807) is 0 Å². The molecule has 0 spiro atoms. The number of ether oxygens (including phenoxy) is 1. The van der Waals surface area contributed by atoms with E-state index in [9.17, 15) is 66.7 Å². The summed E-state index contributed by atoms with van der Waals surface area (Å²) in [6, 6.07) is 0. The van der Waals surface area contributed by atoms with Crippen LogP contribution in [0.3, 0.4) is 0 Å². The molecule has 0 N–H and O–H groups in total. The highest BCUT2D eigenvalue weighted by Crippen LogP contribution is 2.66. The van der Waals surface area contributed by atoms with Crippen LogP contribution in [0.5, 0.6) is 0 Å². The molecule has 1 aliphatic rings. The monoisotopic (exact) mass is 682 g/mol. The molecule has 0 radical (unpaired) electrons. The van der Waals surface area contributed by atoms with Crippen LogP contribution in [0, 0.1) is 10.8 Å². The first-order chi connectivity index (χ1) is 18.8. The van der Waals surface area contributed by atoms with Crippen LogP contribution in [0.4, 0.5) is 74.6 Å². The van der Waals surface area contributed by atoms with Crippen molar-refractivity contribution in [2.75, 3.05) is 0 Å². The summed E-state index contributed by atoms with van der Waals surface area (Å²) in [6.07, 6.45) is -8.20. The van der Waals surface area contributed by atoms with E-state index in [1.165, 1.54) is 0 Å². The number of carbonyl (C=O) groups excluding carboxylic acids is 2. The van der Waals surface area contributed by atoms with Gasteiger partial charge in [-0.2, -0.15) is 74.6 Å². The van der Waals surface area contributed by atoms with Gasteiger partial charge < -0.3 is 4.74 Å². The zero-order chi connectivity index (χ0) is 35.9. The molecule has 0 fully saturated rings. The van der Waals surface area contributed by atoms with Crippen molar-refractivity contribution in [3.63, 3.8) is 0 Å². The fourth-order valence-corrected chi connectivity index (χ4v) is 4.06. The largest absolute Gasteiger partial charge is 0.460 e. The van der Waals surface area contributed by atoms with Crippen molar-refractivity contribution in [2.24, 2.45) is 10.8 Å². The molecule has 1 aliphatic carbocycles. The lowest BCUT2D eigenvalue weighted by Gasteiger charge is -2.50. The highest BCUT2D eigenvalue weighted by Gasteiger charge is 2.96. The highest BCUT2D eigenvalue weighted by molar-refractivity contribution is 6.07. The van der Waals surface area contributed by atoms with Crippen LogP contribution in [0.1, 0.15) is 48.5 Å². The van der Waals surface area contributed by atoms with E-state index in [4.69, 9.17) is 0 Å². The van der Waals surface area contributed by atoms with Crippen molar-refractivity contribution < 1.29 is 89.0 Å². The van der Waals surface area contributed by atoms with E-state index in [2.05, 4.69) is 4.74 Å². The molecule has 0 aliphatic heterocycles. The maximum atomic E-state index is 15.9. The number of esters is 1. The summed E-state index contributed by atoms with van der Waals surface area (Å²) in [5.41, 5.74) is -11.3. The summed E-state index contributed by atoms with van der Waals surface area (Å²) >= 11 is 0. The van der Waals surface area contributed by atoms with E-state index in [1.807, 2.05) is 0 Å². The molecule has 3 nitrogen and oxygen atoms in total. The Morgan fingerprint density at radius 1 is 0.591 bits per heavy atom. The summed E-state index contributed by atoms with van der Waals surface area (Å²) in [5.74, 6) is -62.0. The Kier molecular flexibility index (Phi) is 9.16. The van der Waals surface area contributed by atoms with Gasteiger partial charge in [0.25, 0.3) is 0 Å². The fraction of sp³-hybridized carbons (Fsp3) is 0.750. The van der Waals surface area contributed by atoms with E-state index in [0.717, 1.165) is 41.5 Å². The van der Waals surface area contributed by atoms with Crippen LogP contribution < -0.4 is 0 Å². The van der Waals surface area contributed by atoms with Crippen molar-refractivity contribution >= 4 is 11.8 Å². The summed E-state index contributed by atoms with van der Waals surface area (Å²) in [6.45, 7) is 5.65. The quantitative estimate of drug-likeness (QED) is 0.190. The maximum absolute atomic E-state index is 15.9. The van der Waals surface area contributed by atoms with Crippen molar-refractivity contribution in [1.82, 2.24) is 0 Å². The lowest BCUT2D eigenvalue weighted by atomic mass is 9.64. The number of hydrogen-bond donors (Lipinski definition) is 0. The Morgan fingerprint density at radius 3 is 1.23 bits per heavy atom. The molecule has 0 heterocycles. The number of ketones is 1. The number of carbonyl (C=O) groups is 2. The molecular weight excluding hydrogens is 659 g/mol. The van der Waals surface area contributed by atoms with Gasteiger partial charge in [0.1, 0.15) is 0 Å². The number of allylic oxidation sites excluding steroid dienone is 2. The molecule has 0 saturated heterocycles. The van der Waals surface area contributed by atoms with E-state index < -0.39 is 87.0 Å². The molecule has 1 rings (SSSR count). The molecule has 0 amide bonds. The maximum Gasteiger partial charge on any atom is 0.460 e.